The Bertz CT molecular complexity index is 1340. The number of alkyl halides is 3. The van der Waals surface area contributed by atoms with E-state index in [0.29, 0.717) is 29.2 Å². The average molecular weight is 523 g/mol. The van der Waals surface area contributed by atoms with Gasteiger partial charge in [0.2, 0.25) is 5.91 Å². The quantitative estimate of drug-likeness (QED) is 0.257. The van der Waals surface area contributed by atoms with E-state index in [1.807, 2.05) is 0 Å². The highest BCUT2D eigenvalue weighted by Gasteiger charge is 2.32. The molecule has 3 aromatic rings. The van der Waals surface area contributed by atoms with Gasteiger partial charge in [-0.25, -0.2) is 5.43 Å². The number of amides is 1. The van der Waals surface area contributed by atoms with Gasteiger partial charge in [-0.1, -0.05) is 18.2 Å². The molecule has 3 rings (SSSR count). The predicted molar refractivity (Wildman–Crippen MR) is 125 cm³/mol. The first-order chi connectivity index (χ1) is 17.0. The molecule has 0 aliphatic heterocycles. The molecular formula is C24H21F3N2O6S. The normalized spacial score (nSPS) is 11.8. The van der Waals surface area contributed by atoms with Gasteiger partial charge >= 0.3 is 16.3 Å². The summed E-state index contributed by atoms with van der Waals surface area (Å²) in [6.07, 6.45) is -4.09. The number of para-hydroxylation sites is 1. The van der Waals surface area contributed by atoms with Crippen molar-refractivity contribution in [3.63, 3.8) is 0 Å². The third kappa shape index (κ3) is 6.98. The number of hydrogen-bond acceptors (Lipinski definition) is 7. The summed E-state index contributed by atoms with van der Waals surface area (Å²) in [5, 5.41) is 3.65. The van der Waals surface area contributed by atoms with E-state index in [0.717, 1.165) is 12.3 Å². The Kier molecular flexibility index (Phi) is 8.20. The van der Waals surface area contributed by atoms with E-state index in [-0.39, 0.29) is 12.2 Å². The summed E-state index contributed by atoms with van der Waals surface area (Å²) in [6.45, 7) is 0. The smallest absolute Gasteiger partial charge is 0.416 e. The van der Waals surface area contributed by atoms with Crippen LogP contribution in [0.2, 0.25) is 0 Å². The van der Waals surface area contributed by atoms with Crippen molar-refractivity contribution in [1.82, 2.24) is 5.43 Å². The second-order valence-electron chi connectivity index (χ2n) is 7.29. The summed E-state index contributed by atoms with van der Waals surface area (Å²) >= 11 is 0. The van der Waals surface area contributed by atoms with Gasteiger partial charge in [0.15, 0.2) is 0 Å². The number of rotatable bonds is 9. The molecule has 3 aromatic carbocycles. The molecule has 0 saturated heterocycles. The van der Waals surface area contributed by atoms with Crippen molar-refractivity contribution in [2.24, 2.45) is 5.10 Å². The van der Waals surface area contributed by atoms with Gasteiger partial charge in [0, 0.05) is 11.6 Å². The fraction of sp³-hybridized carbons (Fsp3) is 0.167. The molecule has 0 heterocycles. The number of halogens is 3. The number of carbonyl (C=O) groups is 1. The Morgan fingerprint density at radius 3 is 2.17 bits per heavy atom. The van der Waals surface area contributed by atoms with Gasteiger partial charge in [0.05, 0.1) is 32.4 Å². The molecule has 0 aliphatic rings. The van der Waals surface area contributed by atoms with Gasteiger partial charge in [0.1, 0.15) is 22.1 Å². The topological polar surface area (TPSA) is 103 Å². The lowest BCUT2D eigenvalue weighted by atomic mass is 10.1. The van der Waals surface area contributed by atoms with E-state index in [2.05, 4.69) is 10.5 Å². The molecule has 0 atom stereocenters. The number of nitrogens with one attached hydrogen (secondary N) is 1. The molecule has 0 bridgehead atoms. The molecule has 190 valence electrons. The standard InChI is InChI=1S/C24H21F3N2O6S/c1-33-20-10-16(11-21(14-20)34-2)12-23(30)29-28-15-17-13-18(24(25,26)27)8-9-22(17)36(31,32)35-19-6-4-3-5-7-19/h3-11,13-15H,12H2,1-2H3,(H,29,30)/b28-15+. The van der Waals surface area contributed by atoms with Crippen LogP contribution in [0, 0.1) is 0 Å². The molecule has 1 amide bonds. The number of methoxy groups -OCH3 is 2. The summed E-state index contributed by atoms with van der Waals surface area (Å²) < 4.78 is 80.6. The number of carbonyl (C=O) groups excluding carboxylic acids is 1. The summed E-state index contributed by atoms with van der Waals surface area (Å²) in [7, 11) is -1.62. The van der Waals surface area contributed by atoms with Gasteiger partial charge in [0.25, 0.3) is 0 Å². The SMILES string of the molecule is COc1cc(CC(=O)N/N=C/c2cc(C(F)(F)F)ccc2S(=O)(=O)Oc2ccccc2)cc(OC)c1. The van der Waals surface area contributed by atoms with Gasteiger partial charge in [-0.2, -0.15) is 26.7 Å². The second kappa shape index (κ2) is 11.1. The number of hydrogen-bond donors (Lipinski definition) is 1. The van der Waals surface area contributed by atoms with Crippen molar-refractivity contribution < 1.29 is 40.0 Å². The van der Waals surface area contributed by atoms with Crippen molar-refractivity contribution in [1.29, 1.82) is 0 Å². The van der Waals surface area contributed by atoms with Crippen molar-refractivity contribution in [3.05, 3.63) is 83.4 Å². The maximum absolute atomic E-state index is 13.2. The monoisotopic (exact) mass is 522 g/mol. The van der Waals surface area contributed by atoms with E-state index in [1.165, 1.54) is 38.5 Å². The first kappa shape index (κ1) is 26.5. The minimum absolute atomic E-state index is 0.0256. The van der Waals surface area contributed by atoms with Crippen LogP contribution in [0.4, 0.5) is 13.2 Å². The van der Waals surface area contributed by atoms with Gasteiger partial charge in [-0.15, -0.1) is 0 Å². The van der Waals surface area contributed by atoms with Crippen LogP contribution in [0.5, 0.6) is 17.2 Å². The Labute approximate surface area is 205 Å². The predicted octanol–water partition coefficient (Wildman–Crippen LogP) is 4.18. The maximum Gasteiger partial charge on any atom is 0.416 e. The van der Waals surface area contributed by atoms with Crippen molar-refractivity contribution in [2.45, 2.75) is 17.5 Å². The molecule has 36 heavy (non-hydrogen) atoms. The molecular weight excluding hydrogens is 501 g/mol. The maximum atomic E-state index is 13.2. The lowest BCUT2D eigenvalue weighted by molar-refractivity contribution is -0.137. The van der Waals surface area contributed by atoms with E-state index >= 15 is 0 Å². The summed E-state index contributed by atoms with van der Waals surface area (Å²) in [5.74, 6) is 0.275. The highest BCUT2D eigenvalue weighted by atomic mass is 32.2. The number of nitrogens with zero attached hydrogens (tertiary/aromatic N) is 1. The Balaban J connectivity index is 1.84. The Morgan fingerprint density at radius 1 is 0.944 bits per heavy atom. The molecule has 1 N–H and O–H groups in total. The fourth-order valence-electron chi connectivity index (χ4n) is 3.07. The van der Waals surface area contributed by atoms with E-state index in [9.17, 15) is 26.4 Å². The lowest BCUT2D eigenvalue weighted by Gasteiger charge is -2.12. The third-order valence-electron chi connectivity index (χ3n) is 4.72. The Morgan fingerprint density at radius 2 is 1.58 bits per heavy atom. The lowest BCUT2D eigenvalue weighted by Crippen LogP contribution is -2.20. The van der Waals surface area contributed by atoms with E-state index in [1.54, 1.807) is 24.3 Å². The van der Waals surface area contributed by atoms with Crippen LogP contribution in [0.25, 0.3) is 0 Å². The first-order valence-electron chi connectivity index (χ1n) is 10.3. The zero-order valence-corrected chi connectivity index (χ0v) is 19.9. The minimum atomic E-state index is -4.74. The van der Waals surface area contributed by atoms with Crippen molar-refractivity contribution in [3.8, 4) is 17.2 Å². The van der Waals surface area contributed by atoms with E-state index < -0.39 is 38.2 Å². The molecule has 0 spiro atoms. The summed E-state index contributed by atoms with van der Waals surface area (Å²) in [4.78, 5) is 11.8. The molecule has 0 aromatic heterocycles. The van der Waals surface area contributed by atoms with Crippen LogP contribution < -0.4 is 19.1 Å². The van der Waals surface area contributed by atoms with Crippen LogP contribution in [0.3, 0.4) is 0 Å². The molecule has 0 radical (unpaired) electrons. The van der Waals surface area contributed by atoms with Crippen molar-refractivity contribution >= 4 is 22.2 Å². The molecule has 0 unspecified atom stereocenters. The van der Waals surface area contributed by atoms with Crippen LogP contribution in [-0.4, -0.2) is 34.8 Å². The number of benzene rings is 3. The molecule has 0 aliphatic carbocycles. The van der Waals surface area contributed by atoms with Gasteiger partial charge in [-0.05, 0) is 48.0 Å². The minimum Gasteiger partial charge on any atom is -0.497 e. The van der Waals surface area contributed by atoms with E-state index in [4.69, 9.17) is 13.7 Å². The highest BCUT2D eigenvalue weighted by Crippen LogP contribution is 2.32. The highest BCUT2D eigenvalue weighted by molar-refractivity contribution is 7.87. The summed E-state index contributed by atoms with van der Waals surface area (Å²) in [5.41, 5.74) is 1.17. The average Bonchev–Trinajstić information content (AvgIpc) is 2.83. The van der Waals surface area contributed by atoms with Crippen LogP contribution in [-0.2, 0) is 27.5 Å². The molecule has 0 saturated carbocycles. The number of hydrazone groups is 1. The third-order valence-corrected chi connectivity index (χ3v) is 6.05. The molecule has 0 fully saturated rings. The van der Waals surface area contributed by atoms with Crippen LogP contribution in [0.15, 0.2) is 76.7 Å². The second-order valence-corrected chi connectivity index (χ2v) is 8.81. The zero-order chi connectivity index (χ0) is 26.3. The van der Waals surface area contributed by atoms with Crippen LogP contribution >= 0.6 is 0 Å². The molecule has 12 heteroatoms. The fourth-order valence-corrected chi connectivity index (χ4v) is 4.16. The summed E-state index contributed by atoms with van der Waals surface area (Å²) in [6, 6.07) is 14.3. The largest absolute Gasteiger partial charge is 0.497 e. The van der Waals surface area contributed by atoms with Crippen molar-refractivity contribution in [2.75, 3.05) is 14.2 Å². The van der Waals surface area contributed by atoms with Gasteiger partial charge in [-0.3, -0.25) is 4.79 Å². The Hall–Kier alpha value is -4.06. The first-order valence-corrected chi connectivity index (χ1v) is 11.7. The molecule has 8 nitrogen and oxygen atoms in total. The number of ether oxygens (including phenoxy) is 2. The van der Waals surface area contributed by atoms with Gasteiger partial charge < -0.3 is 13.7 Å². The van der Waals surface area contributed by atoms with Crippen LogP contribution in [0.1, 0.15) is 16.7 Å². The zero-order valence-electron chi connectivity index (χ0n) is 19.1.